The van der Waals surface area contributed by atoms with Crippen LogP contribution in [-0.4, -0.2) is 40.9 Å². The monoisotopic (exact) mass is 379 g/mol. The molecule has 4 heteroatoms. The lowest BCUT2D eigenvalue weighted by Gasteiger charge is -2.38. The van der Waals surface area contributed by atoms with Crippen molar-refractivity contribution in [3.8, 4) is 0 Å². The third-order valence-electron chi connectivity index (χ3n) is 4.97. The largest absolute Gasteiger partial charge is 0.444 e. The number of piperidine rings is 1. The minimum absolute atomic E-state index is 0.209. The van der Waals surface area contributed by atoms with Gasteiger partial charge < -0.3 is 9.64 Å². The highest BCUT2D eigenvalue weighted by atomic mass is 16.6. The molecule has 0 bridgehead atoms. The lowest BCUT2D eigenvalue weighted by molar-refractivity contribution is 0.0177. The molecule has 1 amide bonds. The lowest BCUT2D eigenvalue weighted by Crippen LogP contribution is -2.46. The maximum atomic E-state index is 12.4. The fraction of sp³-hybridized carbons (Fsp3) is 0.417. The molecule has 1 aliphatic rings. The van der Waals surface area contributed by atoms with E-state index in [4.69, 9.17) is 9.73 Å². The van der Waals surface area contributed by atoms with Gasteiger partial charge in [0.15, 0.2) is 0 Å². The average Bonchev–Trinajstić information content (AvgIpc) is 2.67. The molecule has 4 nitrogen and oxygen atoms in total. The molecule has 3 rings (SSSR count). The maximum Gasteiger partial charge on any atom is 0.410 e. The molecular weight excluding hydrogens is 349 g/mol. The molecule has 28 heavy (non-hydrogen) atoms. The Morgan fingerprint density at radius 1 is 0.929 bits per heavy atom. The van der Waals surface area contributed by atoms with Crippen LogP contribution in [0.4, 0.5) is 4.79 Å². The van der Waals surface area contributed by atoms with Gasteiger partial charge in [0.1, 0.15) is 5.60 Å². The Balaban J connectivity index is 1.81. The van der Waals surface area contributed by atoms with Gasteiger partial charge in [-0.25, -0.2) is 4.79 Å². The van der Waals surface area contributed by atoms with E-state index in [-0.39, 0.29) is 11.6 Å². The molecule has 2 aromatic rings. The average molecular weight is 380 g/mol. The number of ether oxygens (including phenoxy) is 1. The van der Waals surface area contributed by atoms with Gasteiger partial charge in [-0.15, -0.1) is 0 Å². The van der Waals surface area contributed by atoms with Crippen LogP contribution in [0.15, 0.2) is 65.7 Å². The van der Waals surface area contributed by atoms with Crippen LogP contribution in [0.3, 0.4) is 0 Å². The van der Waals surface area contributed by atoms with E-state index in [1.165, 1.54) is 0 Å². The summed E-state index contributed by atoms with van der Waals surface area (Å²) in [6, 6.07) is 20.6. The number of rotatable bonds is 3. The summed E-state index contributed by atoms with van der Waals surface area (Å²) in [5, 5.41) is 0. The van der Waals surface area contributed by atoms with Crippen molar-refractivity contribution in [2.45, 2.75) is 51.7 Å². The second kappa shape index (κ2) is 8.17. The van der Waals surface area contributed by atoms with Gasteiger partial charge >= 0.3 is 6.09 Å². The summed E-state index contributed by atoms with van der Waals surface area (Å²) in [4.78, 5) is 19.4. The molecule has 0 unspecified atom stereocenters. The van der Waals surface area contributed by atoms with Crippen molar-refractivity contribution in [1.29, 1.82) is 0 Å². The van der Waals surface area contributed by atoms with Crippen LogP contribution in [-0.2, 0) is 4.74 Å². The predicted molar refractivity (Wildman–Crippen MR) is 114 cm³/mol. The summed E-state index contributed by atoms with van der Waals surface area (Å²) in [6.45, 7) is 9.20. The highest BCUT2D eigenvalue weighted by Crippen LogP contribution is 2.29. The minimum atomic E-state index is -0.468. The molecule has 1 aliphatic heterocycles. The minimum Gasteiger partial charge on any atom is -0.444 e. The molecule has 0 N–H and O–H groups in total. The van der Waals surface area contributed by atoms with E-state index < -0.39 is 5.60 Å². The number of aliphatic imine (C=N–C) groups is 1. The number of benzene rings is 2. The first-order chi connectivity index (χ1) is 13.3. The van der Waals surface area contributed by atoms with E-state index in [1.54, 1.807) is 4.90 Å². The van der Waals surface area contributed by atoms with E-state index in [1.807, 2.05) is 57.2 Å². The zero-order valence-corrected chi connectivity index (χ0v) is 17.3. The van der Waals surface area contributed by atoms with Crippen LogP contribution in [0.1, 0.15) is 51.7 Å². The molecule has 1 saturated heterocycles. The predicted octanol–water partition coefficient (Wildman–Crippen LogP) is 5.31. The molecule has 1 fully saturated rings. The number of hydrogen-bond donors (Lipinski definition) is 0. The second-order valence-electron chi connectivity index (χ2n) is 8.66. The van der Waals surface area contributed by atoms with E-state index in [0.717, 1.165) is 29.7 Å². The van der Waals surface area contributed by atoms with Gasteiger partial charge in [0.2, 0.25) is 0 Å². The highest BCUT2D eigenvalue weighted by molar-refractivity contribution is 6.13. The van der Waals surface area contributed by atoms with Crippen LogP contribution in [0.5, 0.6) is 0 Å². The molecule has 0 aliphatic carbocycles. The van der Waals surface area contributed by atoms with Gasteiger partial charge in [0.25, 0.3) is 0 Å². The number of amides is 1. The number of hydrogen-bond acceptors (Lipinski definition) is 3. The normalized spacial score (nSPS) is 16.4. The van der Waals surface area contributed by atoms with E-state index in [2.05, 4.69) is 31.2 Å². The van der Waals surface area contributed by atoms with E-state index in [9.17, 15) is 4.79 Å². The topological polar surface area (TPSA) is 41.9 Å². The Morgan fingerprint density at radius 2 is 1.39 bits per heavy atom. The smallest absolute Gasteiger partial charge is 0.410 e. The fourth-order valence-electron chi connectivity index (χ4n) is 3.37. The number of nitrogens with zero attached hydrogens (tertiary/aromatic N) is 2. The van der Waals surface area contributed by atoms with Gasteiger partial charge in [-0.2, -0.15) is 0 Å². The van der Waals surface area contributed by atoms with Gasteiger partial charge in [0.05, 0.1) is 11.3 Å². The van der Waals surface area contributed by atoms with Gasteiger partial charge in [-0.05, 0) is 40.5 Å². The lowest BCUT2D eigenvalue weighted by atomic mass is 9.91. The second-order valence-corrected chi connectivity index (χ2v) is 8.66. The van der Waals surface area contributed by atoms with Crippen LogP contribution in [0.2, 0.25) is 0 Å². The van der Waals surface area contributed by atoms with Crippen molar-refractivity contribution in [3.63, 3.8) is 0 Å². The molecule has 1 heterocycles. The van der Waals surface area contributed by atoms with Crippen LogP contribution in [0.25, 0.3) is 0 Å². The molecule has 148 valence electrons. The van der Waals surface area contributed by atoms with Crippen molar-refractivity contribution >= 4 is 11.8 Å². The number of carbonyl (C=O) groups is 1. The highest BCUT2D eigenvalue weighted by Gasteiger charge is 2.34. The van der Waals surface area contributed by atoms with Crippen molar-refractivity contribution in [3.05, 3.63) is 71.8 Å². The van der Waals surface area contributed by atoms with Crippen molar-refractivity contribution in [2.75, 3.05) is 13.1 Å². The maximum absolute atomic E-state index is 12.4. The molecule has 0 atom stereocenters. The molecule has 0 aromatic heterocycles. The summed E-state index contributed by atoms with van der Waals surface area (Å²) in [5.74, 6) is 0. The molecule has 0 saturated carbocycles. The summed E-state index contributed by atoms with van der Waals surface area (Å²) >= 11 is 0. The molecule has 0 spiro atoms. The Hall–Kier alpha value is -2.62. The Bertz CT molecular complexity index is 773. The standard InChI is InChI=1S/C24H30N2O2/c1-23(2,3)28-22(27)26-17-15-24(4,16-18-26)25-21(19-11-7-5-8-12-19)20-13-9-6-10-14-20/h5-14H,15-18H2,1-4H3/i25+1. The van der Waals surface area contributed by atoms with Gasteiger partial charge in [0, 0.05) is 24.2 Å². The third-order valence-corrected chi connectivity index (χ3v) is 4.97. The van der Waals surface area contributed by atoms with E-state index >= 15 is 0 Å². The Labute approximate surface area is 168 Å². The zero-order chi connectivity index (χ0) is 20.2. The summed E-state index contributed by atoms with van der Waals surface area (Å²) in [5.41, 5.74) is 2.56. The number of likely N-dealkylation sites (tertiary alicyclic amines) is 1. The Morgan fingerprint density at radius 3 is 1.82 bits per heavy atom. The quantitative estimate of drug-likeness (QED) is 0.535. The first kappa shape index (κ1) is 20.1. The van der Waals surface area contributed by atoms with Crippen LogP contribution >= 0.6 is 0 Å². The van der Waals surface area contributed by atoms with Crippen molar-refractivity contribution in [2.24, 2.45) is 4.99 Å². The molecule has 2 aromatic carbocycles. The van der Waals surface area contributed by atoms with Crippen molar-refractivity contribution < 1.29 is 9.53 Å². The molecule has 0 radical (unpaired) electrons. The summed E-state index contributed by atoms with van der Waals surface area (Å²) in [6.07, 6.45) is 1.40. The van der Waals surface area contributed by atoms with Crippen molar-refractivity contribution in [1.82, 2.24) is 4.90 Å². The summed E-state index contributed by atoms with van der Waals surface area (Å²) in [7, 11) is 0. The third kappa shape index (κ3) is 5.22. The Kier molecular flexibility index (Phi) is 5.87. The van der Waals surface area contributed by atoms with E-state index in [0.29, 0.717) is 13.1 Å². The van der Waals surface area contributed by atoms with Crippen LogP contribution < -0.4 is 0 Å². The number of carbonyl (C=O) groups excluding carboxylic acids is 1. The SMILES string of the molecule is CC1([15N]=C(c2ccccc2)c2ccccc2)CCN(C(=O)OC(C)(C)C)CC1. The fourth-order valence-corrected chi connectivity index (χ4v) is 3.37. The van der Waals surface area contributed by atoms with Crippen LogP contribution in [0, 0.1) is 0 Å². The zero-order valence-electron chi connectivity index (χ0n) is 17.3. The summed E-state index contributed by atoms with van der Waals surface area (Å²) < 4.78 is 5.52. The molecular formula is C24H30N2O2. The first-order valence-corrected chi connectivity index (χ1v) is 9.94. The first-order valence-electron chi connectivity index (χ1n) is 9.94. The van der Waals surface area contributed by atoms with Gasteiger partial charge in [-0.3, -0.25) is 4.99 Å². The van der Waals surface area contributed by atoms with Gasteiger partial charge in [-0.1, -0.05) is 60.7 Å².